The van der Waals surface area contributed by atoms with Crippen molar-refractivity contribution in [1.29, 1.82) is 0 Å². The molecule has 4 aromatic carbocycles. The number of methoxy groups -OCH3 is 2. The van der Waals surface area contributed by atoms with E-state index in [0.29, 0.717) is 27.7 Å². The molecule has 0 aromatic heterocycles. The van der Waals surface area contributed by atoms with Crippen molar-refractivity contribution in [3.05, 3.63) is 101 Å². The van der Waals surface area contributed by atoms with Crippen LogP contribution in [-0.4, -0.2) is 43.5 Å². The number of amides is 1. The first-order chi connectivity index (χ1) is 20.7. The van der Waals surface area contributed by atoms with Crippen LogP contribution in [0.1, 0.15) is 16.7 Å². The Morgan fingerprint density at radius 3 is 2.02 bits per heavy atom. The van der Waals surface area contributed by atoms with Gasteiger partial charge >= 0.3 is 0 Å². The van der Waals surface area contributed by atoms with Gasteiger partial charge in [-0.2, -0.15) is 0 Å². The SMILES string of the molecule is COc1ccc(S(=O)(=O)N(CC(=O)Nc2ccc(S(=O)(=O)Nc3cccc(Cl)c3C)cc2)c2cc(C)cc(C)c2)cc1OC. The van der Waals surface area contributed by atoms with E-state index in [1.54, 1.807) is 37.3 Å². The van der Waals surface area contributed by atoms with Crippen LogP contribution < -0.4 is 23.8 Å². The highest BCUT2D eigenvalue weighted by Crippen LogP contribution is 2.33. The molecule has 0 radical (unpaired) electrons. The zero-order chi connectivity index (χ0) is 32.2. The number of sulfonamides is 2. The number of benzene rings is 4. The molecule has 0 aliphatic rings. The zero-order valence-electron chi connectivity index (χ0n) is 24.7. The number of hydrogen-bond acceptors (Lipinski definition) is 7. The molecule has 0 aliphatic heterocycles. The van der Waals surface area contributed by atoms with Gasteiger partial charge in [-0.3, -0.25) is 13.8 Å². The van der Waals surface area contributed by atoms with Crippen LogP contribution in [0, 0.1) is 20.8 Å². The van der Waals surface area contributed by atoms with E-state index in [-0.39, 0.29) is 21.2 Å². The standard InChI is InChI=1S/C31H32ClN3O7S2/c1-20-15-21(2)17-24(16-20)35(44(39,40)26-13-14-29(41-4)30(18-26)42-5)19-31(36)33-23-9-11-25(12-10-23)43(37,38)34-28-8-6-7-27(32)22(28)3/h6-18,34H,19H2,1-5H3,(H,33,36). The second-order valence-corrected chi connectivity index (χ2v) is 13.9. The Morgan fingerprint density at radius 1 is 0.795 bits per heavy atom. The fourth-order valence-corrected chi connectivity index (χ4v) is 7.20. The van der Waals surface area contributed by atoms with Crippen molar-refractivity contribution in [2.24, 2.45) is 0 Å². The summed E-state index contributed by atoms with van der Waals surface area (Å²) in [5.74, 6) is -0.0737. The number of aryl methyl sites for hydroxylation is 2. The van der Waals surface area contributed by atoms with Gasteiger partial charge in [0.05, 0.1) is 35.4 Å². The Kier molecular flexibility index (Phi) is 9.77. The van der Waals surface area contributed by atoms with E-state index in [4.69, 9.17) is 21.1 Å². The predicted octanol–water partition coefficient (Wildman–Crippen LogP) is 5.92. The smallest absolute Gasteiger partial charge is 0.264 e. The van der Waals surface area contributed by atoms with E-state index in [2.05, 4.69) is 10.0 Å². The van der Waals surface area contributed by atoms with Gasteiger partial charge in [0.1, 0.15) is 6.54 Å². The zero-order valence-corrected chi connectivity index (χ0v) is 27.1. The largest absolute Gasteiger partial charge is 0.493 e. The number of hydrogen-bond donors (Lipinski definition) is 2. The predicted molar refractivity (Wildman–Crippen MR) is 172 cm³/mol. The van der Waals surface area contributed by atoms with Gasteiger partial charge in [-0.05, 0) is 98.1 Å². The second kappa shape index (κ2) is 13.2. The maximum absolute atomic E-state index is 13.9. The van der Waals surface area contributed by atoms with Crippen molar-refractivity contribution in [2.45, 2.75) is 30.6 Å². The van der Waals surface area contributed by atoms with Gasteiger partial charge in [0, 0.05) is 16.8 Å². The lowest BCUT2D eigenvalue weighted by atomic mass is 10.1. The molecule has 4 aromatic rings. The third-order valence-corrected chi connectivity index (χ3v) is 10.2. The van der Waals surface area contributed by atoms with E-state index in [0.717, 1.165) is 15.4 Å². The maximum Gasteiger partial charge on any atom is 0.264 e. The molecule has 0 bridgehead atoms. The molecule has 0 saturated carbocycles. The van der Waals surface area contributed by atoms with Crippen molar-refractivity contribution in [1.82, 2.24) is 0 Å². The average Bonchev–Trinajstić information content (AvgIpc) is 2.97. The number of anilines is 3. The lowest BCUT2D eigenvalue weighted by Gasteiger charge is -2.25. The Labute approximate surface area is 262 Å². The number of nitrogens with zero attached hydrogens (tertiary/aromatic N) is 1. The van der Waals surface area contributed by atoms with Crippen molar-refractivity contribution in [3.8, 4) is 11.5 Å². The summed E-state index contributed by atoms with van der Waals surface area (Å²) in [6.45, 7) is 4.80. The van der Waals surface area contributed by atoms with Crippen LogP contribution in [0.25, 0.3) is 0 Å². The number of ether oxygens (including phenoxy) is 2. The van der Waals surface area contributed by atoms with Gasteiger partial charge in [-0.25, -0.2) is 16.8 Å². The molecule has 1 amide bonds. The number of nitrogens with one attached hydrogen (secondary N) is 2. The van der Waals surface area contributed by atoms with Crippen LogP contribution in [0.5, 0.6) is 11.5 Å². The van der Waals surface area contributed by atoms with Crippen molar-refractivity contribution in [3.63, 3.8) is 0 Å². The monoisotopic (exact) mass is 657 g/mol. The number of carbonyl (C=O) groups excluding carboxylic acids is 1. The van der Waals surface area contributed by atoms with Gasteiger partial charge in [0.15, 0.2) is 11.5 Å². The quantitative estimate of drug-likeness (QED) is 0.205. The highest BCUT2D eigenvalue weighted by atomic mass is 35.5. The molecule has 0 atom stereocenters. The Hall–Kier alpha value is -4.26. The number of carbonyl (C=O) groups is 1. The molecule has 44 heavy (non-hydrogen) atoms. The summed E-state index contributed by atoms with van der Waals surface area (Å²) in [5, 5.41) is 3.08. The van der Waals surface area contributed by atoms with Gasteiger partial charge in [0.2, 0.25) is 5.91 Å². The highest BCUT2D eigenvalue weighted by Gasteiger charge is 2.29. The van der Waals surface area contributed by atoms with Crippen LogP contribution >= 0.6 is 11.6 Å². The molecule has 0 aliphatic carbocycles. The van der Waals surface area contributed by atoms with Crippen LogP contribution in [0.3, 0.4) is 0 Å². The summed E-state index contributed by atoms with van der Waals surface area (Å²) in [6.07, 6.45) is 0. The minimum Gasteiger partial charge on any atom is -0.493 e. The fourth-order valence-electron chi connectivity index (χ4n) is 4.48. The first kappa shape index (κ1) is 32.6. The van der Waals surface area contributed by atoms with Crippen LogP contribution in [0.2, 0.25) is 5.02 Å². The lowest BCUT2D eigenvalue weighted by molar-refractivity contribution is -0.114. The van der Waals surface area contributed by atoms with E-state index < -0.39 is 32.5 Å². The van der Waals surface area contributed by atoms with Crippen molar-refractivity contribution >= 4 is 54.6 Å². The van der Waals surface area contributed by atoms with Crippen LogP contribution in [-0.2, 0) is 24.8 Å². The summed E-state index contributed by atoms with van der Waals surface area (Å²) in [7, 11) is -5.37. The summed E-state index contributed by atoms with van der Waals surface area (Å²) in [5.41, 5.74) is 3.13. The maximum atomic E-state index is 13.9. The Balaban J connectivity index is 1.59. The summed E-state index contributed by atoms with van der Waals surface area (Å²) >= 11 is 6.11. The first-order valence-electron chi connectivity index (χ1n) is 13.3. The summed E-state index contributed by atoms with van der Waals surface area (Å²) < 4.78 is 67.8. The molecular weight excluding hydrogens is 626 g/mol. The van der Waals surface area contributed by atoms with Crippen molar-refractivity contribution < 1.29 is 31.1 Å². The van der Waals surface area contributed by atoms with E-state index >= 15 is 0 Å². The fraction of sp³-hybridized carbons (Fsp3) is 0.194. The van der Waals surface area contributed by atoms with Gasteiger partial charge < -0.3 is 14.8 Å². The number of halogens is 1. The first-order valence-corrected chi connectivity index (χ1v) is 16.6. The third-order valence-electron chi connectivity index (χ3n) is 6.69. The molecule has 0 spiro atoms. The lowest BCUT2D eigenvalue weighted by Crippen LogP contribution is -2.38. The Bertz CT molecular complexity index is 1890. The van der Waals surface area contributed by atoms with Crippen LogP contribution in [0.15, 0.2) is 88.7 Å². The molecule has 0 fully saturated rings. The van der Waals surface area contributed by atoms with Gasteiger partial charge in [-0.15, -0.1) is 0 Å². The molecule has 2 N–H and O–H groups in total. The minimum atomic E-state index is -4.26. The highest BCUT2D eigenvalue weighted by molar-refractivity contribution is 7.93. The normalized spacial score (nSPS) is 11.5. The van der Waals surface area contributed by atoms with Gasteiger partial charge in [0.25, 0.3) is 20.0 Å². The molecule has 13 heteroatoms. The van der Waals surface area contributed by atoms with E-state index in [9.17, 15) is 21.6 Å². The summed E-state index contributed by atoms with van der Waals surface area (Å²) in [4.78, 5) is 13.1. The molecule has 0 unspecified atom stereocenters. The van der Waals surface area contributed by atoms with Crippen molar-refractivity contribution in [2.75, 3.05) is 35.1 Å². The molecule has 10 nitrogen and oxygen atoms in total. The average molecular weight is 658 g/mol. The summed E-state index contributed by atoms with van der Waals surface area (Å²) in [6, 6.07) is 19.8. The van der Waals surface area contributed by atoms with E-state index in [1.165, 1.54) is 56.7 Å². The third kappa shape index (κ3) is 7.26. The minimum absolute atomic E-state index is 0.0391. The second-order valence-electron chi connectivity index (χ2n) is 9.96. The molecule has 4 rings (SSSR count). The molecule has 0 heterocycles. The molecule has 232 valence electrons. The van der Waals surface area contributed by atoms with Gasteiger partial charge in [-0.1, -0.05) is 23.7 Å². The topological polar surface area (TPSA) is 131 Å². The van der Waals surface area contributed by atoms with E-state index in [1.807, 2.05) is 19.9 Å². The molecule has 0 saturated heterocycles. The molecular formula is C31H32ClN3O7S2. The Morgan fingerprint density at radius 2 is 1.41 bits per heavy atom. The van der Waals surface area contributed by atoms with Crippen LogP contribution in [0.4, 0.5) is 17.1 Å². The number of rotatable bonds is 11.